The summed E-state index contributed by atoms with van der Waals surface area (Å²) in [5.41, 5.74) is 3.27. The second kappa shape index (κ2) is 4.40. The number of Topliss-reactive ketones (excluding diaryl/α,β-unsaturated/α-hetero) is 1. The van der Waals surface area contributed by atoms with E-state index in [1.165, 1.54) is 5.56 Å². The quantitative estimate of drug-likeness (QED) is 0.712. The van der Waals surface area contributed by atoms with E-state index < -0.39 is 0 Å². The van der Waals surface area contributed by atoms with Crippen molar-refractivity contribution in [1.29, 1.82) is 0 Å². The maximum atomic E-state index is 12.2. The van der Waals surface area contributed by atoms with Gasteiger partial charge in [-0.25, -0.2) is 0 Å². The van der Waals surface area contributed by atoms with Crippen molar-refractivity contribution in [2.24, 2.45) is 5.92 Å². The minimum atomic E-state index is 0.261. The van der Waals surface area contributed by atoms with Crippen LogP contribution in [-0.4, -0.2) is 17.3 Å². The third kappa shape index (κ3) is 2.25. The summed E-state index contributed by atoms with van der Waals surface area (Å²) in [5, 5.41) is 0. The molecule has 1 atom stereocenters. The summed E-state index contributed by atoms with van der Waals surface area (Å²) in [6.45, 7) is 4.09. The lowest BCUT2D eigenvalue weighted by Gasteiger charge is -2.10. The Kier molecular flexibility index (Phi) is 3.15. The minimum absolute atomic E-state index is 0.261. The van der Waals surface area contributed by atoms with Crippen LogP contribution in [0.5, 0.6) is 0 Å². The van der Waals surface area contributed by atoms with Crippen molar-refractivity contribution in [3.63, 3.8) is 0 Å². The van der Waals surface area contributed by atoms with E-state index in [9.17, 15) is 4.79 Å². The van der Waals surface area contributed by atoms with Crippen molar-refractivity contribution < 1.29 is 4.79 Å². The van der Waals surface area contributed by atoms with E-state index in [1.807, 2.05) is 30.8 Å². The lowest BCUT2D eigenvalue weighted by Crippen LogP contribution is -2.15. The van der Waals surface area contributed by atoms with Gasteiger partial charge in [0.2, 0.25) is 0 Å². The third-order valence-corrected chi connectivity index (χ3v) is 4.11. The average Bonchev–Trinajstić information content (AvgIpc) is 2.69. The number of thioether (sulfide) groups is 1. The molecule has 1 unspecified atom stereocenters. The Morgan fingerprint density at radius 1 is 1.40 bits per heavy atom. The molecule has 1 aliphatic heterocycles. The lowest BCUT2D eigenvalue weighted by molar-refractivity contribution is 0.0933. The highest BCUT2D eigenvalue weighted by Crippen LogP contribution is 2.27. The molecule has 1 aromatic carbocycles. The van der Waals surface area contributed by atoms with Crippen molar-refractivity contribution in [2.75, 3.05) is 11.5 Å². The molecule has 1 nitrogen and oxygen atoms in total. The molecule has 0 amide bonds. The van der Waals surface area contributed by atoms with E-state index in [4.69, 9.17) is 0 Å². The van der Waals surface area contributed by atoms with Gasteiger partial charge in [-0.2, -0.15) is 11.8 Å². The van der Waals surface area contributed by atoms with Gasteiger partial charge in [-0.15, -0.1) is 0 Å². The molecule has 0 saturated carbocycles. The first-order valence-electron chi connectivity index (χ1n) is 5.37. The molecule has 0 N–H and O–H groups in total. The predicted molar refractivity (Wildman–Crippen MR) is 65.7 cm³/mol. The summed E-state index contributed by atoms with van der Waals surface area (Å²) >= 11 is 1.89. The van der Waals surface area contributed by atoms with E-state index in [0.717, 1.165) is 29.1 Å². The number of aryl methyl sites for hydroxylation is 2. The molecule has 0 aliphatic carbocycles. The van der Waals surface area contributed by atoms with Gasteiger partial charge in [0, 0.05) is 17.2 Å². The number of carbonyl (C=O) groups excluding carboxylic acids is 1. The van der Waals surface area contributed by atoms with Gasteiger partial charge in [-0.05, 0) is 31.6 Å². The fraction of sp³-hybridized carbons (Fsp3) is 0.462. The smallest absolute Gasteiger partial charge is 0.167 e. The van der Waals surface area contributed by atoms with Crippen LogP contribution in [0.15, 0.2) is 18.2 Å². The number of rotatable bonds is 2. The summed E-state index contributed by atoms with van der Waals surface area (Å²) in [6, 6.07) is 6.10. The standard InChI is InChI=1S/C13H16OS/c1-9-3-4-12(10(2)7-9)13(14)11-5-6-15-8-11/h3-4,7,11H,5-6,8H2,1-2H3. The van der Waals surface area contributed by atoms with Crippen LogP contribution in [0.1, 0.15) is 27.9 Å². The molecule has 2 heteroatoms. The highest BCUT2D eigenvalue weighted by atomic mass is 32.2. The summed E-state index contributed by atoms with van der Waals surface area (Å²) in [6.07, 6.45) is 1.05. The molecule has 0 bridgehead atoms. The highest BCUT2D eigenvalue weighted by Gasteiger charge is 2.24. The lowest BCUT2D eigenvalue weighted by atomic mass is 9.93. The maximum absolute atomic E-state index is 12.2. The van der Waals surface area contributed by atoms with E-state index in [0.29, 0.717) is 5.78 Å². The summed E-state index contributed by atoms with van der Waals surface area (Å²) in [4.78, 5) is 12.2. The molecule has 1 aliphatic rings. The Labute approximate surface area is 95.3 Å². The van der Waals surface area contributed by atoms with Crippen molar-refractivity contribution in [2.45, 2.75) is 20.3 Å². The summed E-state index contributed by atoms with van der Waals surface area (Å²) in [7, 11) is 0. The molecule has 1 heterocycles. The molecule has 0 aromatic heterocycles. The first kappa shape index (κ1) is 10.7. The molecular formula is C13H16OS. The van der Waals surface area contributed by atoms with Gasteiger partial charge in [0.25, 0.3) is 0 Å². The molecule has 1 fully saturated rings. The Bertz CT molecular complexity index is 378. The van der Waals surface area contributed by atoms with Crippen LogP contribution < -0.4 is 0 Å². The second-order valence-corrected chi connectivity index (χ2v) is 5.39. The number of carbonyl (C=O) groups is 1. The van der Waals surface area contributed by atoms with Crippen molar-refractivity contribution in [3.8, 4) is 0 Å². The largest absolute Gasteiger partial charge is 0.294 e. The summed E-state index contributed by atoms with van der Waals surface area (Å²) < 4.78 is 0. The summed E-state index contributed by atoms with van der Waals surface area (Å²) in [5.74, 6) is 2.75. The Morgan fingerprint density at radius 3 is 2.80 bits per heavy atom. The van der Waals surface area contributed by atoms with E-state index in [-0.39, 0.29) is 5.92 Å². The van der Waals surface area contributed by atoms with Gasteiger partial charge < -0.3 is 0 Å². The first-order valence-corrected chi connectivity index (χ1v) is 6.53. The molecule has 2 rings (SSSR count). The maximum Gasteiger partial charge on any atom is 0.167 e. The number of benzene rings is 1. The minimum Gasteiger partial charge on any atom is -0.294 e. The monoisotopic (exact) mass is 220 g/mol. The fourth-order valence-electron chi connectivity index (χ4n) is 2.05. The normalized spacial score (nSPS) is 20.5. The zero-order chi connectivity index (χ0) is 10.8. The van der Waals surface area contributed by atoms with Gasteiger partial charge in [0.05, 0.1) is 0 Å². The molecule has 15 heavy (non-hydrogen) atoms. The Hall–Kier alpha value is -0.760. The highest BCUT2D eigenvalue weighted by molar-refractivity contribution is 7.99. The second-order valence-electron chi connectivity index (χ2n) is 4.24. The van der Waals surface area contributed by atoms with Crippen LogP contribution >= 0.6 is 11.8 Å². The van der Waals surface area contributed by atoms with Crippen molar-refractivity contribution >= 4 is 17.5 Å². The SMILES string of the molecule is Cc1ccc(C(=O)C2CCSC2)c(C)c1. The molecular weight excluding hydrogens is 204 g/mol. The van der Waals surface area contributed by atoms with Gasteiger partial charge >= 0.3 is 0 Å². The third-order valence-electron chi connectivity index (χ3n) is 2.95. The van der Waals surface area contributed by atoms with Gasteiger partial charge in [-0.3, -0.25) is 4.79 Å². The molecule has 1 aromatic rings. The number of hydrogen-bond acceptors (Lipinski definition) is 2. The zero-order valence-electron chi connectivity index (χ0n) is 9.25. The Balaban J connectivity index is 2.24. The molecule has 0 radical (unpaired) electrons. The molecule has 1 saturated heterocycles. The number of ketones is 1. The van der Waals surface area contributed by atoms with Crippen LogP contribution in [0.25, 0.3) is 0 Å². The van der Waals surface area contributed by atoms with E-state index >= 15 is 0 Å². The Morgan fingerprint density at radius 2 is 2.20 bits per heavy atom. The molecule has 0 spiro atoms. The first-order chi connectivity index (χ1) is 7.18. The van der Waals surface area contributed by atoms with Gasteiger partial charge in [-0.1, -0.05) is 23.8 Å². The van der Waals surface area contributed by atoms with Gasteiger partial charge in [0.15, 0.2) is 5.78 Å². The van der Waals surface area contributed by atoms with E-state index in [2.05, 4.69) is 13.0 Å². The number of hydrogen-bond donors (Lipinski definition) is 0. The van der Waals surface area contributed by atoms with Crippen molar-refractivity contribution in [1.82, 2.24) is 0 Å². The van der Waals surface area contributed by atoms with Crippen molar-refractivity contribution in [3.05, 3.63) is 34.9 Å². The van der Waals surface area contributed by atoms with Gasteiger partial charge in [0.1, 0.15) is 0 Å². The van der Waals surface area contributed by atoms with Crippen LogP contribution in [0.4, 0.5) is 0 Å². The topological polar surface area (TPSA) is 17.1 Å². The van der Waals surface area contributed by atoms with E-state index in [1.54, 1.807) is 0 Å². The van der Waals surface area contributed by atoms with Crippen LogP contribution in [0.2, 0.25) is 0 Å². The molecule has 80 valence electrons. The van der Waals surface area contributed by atoms with Crippen LogP contribution in [0.3, 0.4) is 0 Å². The van der Waals surface area contributed by atoms with Crippen LogP contribution in [0, 0.1) is 19.8 Å². The predicted octanol–water partition coefficient (Wildman–Crippen LogP) is 3.24. The zero-order valence-corrected chi connectivity index (χ0v) is 10.1. The fourth-order valence-corrected chi connectivity index (χ4v) is 3.27. The van der Waals surface area contributed by atoms with Crippen LogP contribution in [-0.2, 0) is 0 Å². The average molecular weight is 220 g/mol.